The number of hydrogen-bond donors (Lipinski definition) is 2. The van der Waals surface area contributed by atoms with Gasteiger partial charge in [0.2, 0.25) is 0 Å². The maximum absolute atomic E-state index is 12.2. The number of carbonyl (C=O) groups is 2. The van der Waals surface area contributed by atoms with Crippen molar-refractivity contribution in [2.45, 2.75) is 6.04 Å². The maximum Gasteiger partial charge on any atom is 0.293 e. The molecule has 6 heteroatoms. The Morgan fingerprint density at radius 3 is 2.39 bits per heavy atom. The monoisotopic (exact) mass is 391 g/mol. The van der Waals surface area contributed by atoms with E-state index in [1.54, 1.807) is 48.5 Å². The van der Waals surface area contributed by atoms with Crippen LogP contribution in [0.15, 0.2) is 58.6 Å². The summed E-state index contributed by atoms with van der Waals surface area (Å²) in [4.78, 5) is 24.0. The molecule has 1 amide bonds. The summed E-state index contributed by atoms with van der Waals surface area (Å²) in [7, 11) is 0. The summed E-state index contributed by atoms with van der Waals surface area (Å²) in [5.74, 6) is -1.74. The molecule has 0 bridgehead atoms. The average Bonchev–Trinajstić information content (AvgIpc) is 2.83. The minimum atomic E-state index is -0.771. The molecule has 1 saturated heterocycles. The fourth-order valence-electron chi connectivity index (χ4n) is 2.47. The molecular formula is C17H11BrClNO3. The summed E-state index contributed by atoms with van der Waals surface area (Å²) in [5.41, 5.74) is 1.02. The van der Waals surface area contributed by atoms with Gasteiger partial charge in [0.05, 0.1) is 11.6 Å². The lowest BCUT2D eigenvalue weighted by molar-refractivity contribution is -0.133. The second-order valence-electron chi connectivity index (χ2n) is 5.03. The molecule has 1 aliphatic rings. The van der Waals surface area contributed by atoms with Crippen molar-refractivity contribution in [3.63, 3.8) is 0 Å². The molecule has 116 valence electrons. The molecule has 3 rings (SSSR count). The highest BCUT2D eigenvalue weighted by molar-refractivity contribution is 9.10. The topological polar surface area (TPSA) is 66.4 Å². The van der Waals surface area contributed by atoms with Crippen LogP contribution in [0.2, 0.25) is 5.02 Å². The van der Waals surface area contributed by atoms with Gasteiger partial charge in [-0.1, -0.05) is 57.9 Å². The SMILES string of the molecule is O=C1N[C@H](c2ccccc2Cl)C(=C(O)c2ccc(Br)cc2)C1=O. The molecule has 0 saturated carbocycles. The predicted molar refractivity (Wildman–Crippen MR) is 91.0 cm³/mol. The van der Waals surface area contributed by atoms with Crippen molar-refractivity contribution in [2.75, 3.05) is 0 Å². The van der Waals surface area contributed by atoms with Crippen LogP contribution in [0.1, 0.15) is 17.2 Å². The zero-order valence-electron chi connectivity index (χ0n) is 11.7. The van der Waals surface area contributed by atoms with Crippen LogP contribution in [0, 0.1) is 0 Å². The lowest BCUT2D eigenvalue weighted by Gasteiger charge is -2.15. The molecule has 0 aliphatic carbocycles. The number of aliphatic hydroxyl groups is 1. The molecule has 1 atom stereocenters. The average molecular weight is 393 g/mol. The Kier molecular flexibility index (Phi) is 4.24. The van der Waals surface area contributed by atoms with E-state index in [9.17, 15) is 14.7 Å². The van der Waals surface area contributed by atoms with Crippen LogP contribution in [0.4, 0.5) is 0 Å². The summed E-state index contributed by atoms with van der Waals surface area (Å²) in [6, 6.07) is 12.9. The lowest BCUT2D eigenvalue weighted by Crippen LogP contribution is -2.21. The van der Waals surface area contributed by atoms with Crippen molar-refractivity contribution in [3.8, 4) is 0 Å². The summed E-state index contributed by atoms with van der Waals surface area (Å²) >= 11 is 9.47. The Morgan fingerprint density at radius 1 is 1.09 bits per heavy atom. The highest BCUT2D eigenvalue weighted by Gasteiger charge is 2.40. The van der Waals surface area contributed by atoms with Crippen molar-refractivity contribution >= 4 is 45.0 Å². The lowest BCUT2D eigenvalue weighted by atomic mass is 9.96. The summed E-state index contributed by atoms with van der Waals surface area (Å²) < 4.78 is 0.841. The molecule has 0 spiro atoms. The number of Topliss-reactive ketones (excluding diaryl/α,β-unsaturated/α-hetero) is 1. The van der Waals surface area contributed by atoms with E-state index in [0.29, 0.717) is 16.1 Å². The fourth-order valence-corrected chi connectivity index (χ4v) is 2.98. The molecule has 0 radical (unpaired) electrons. The molecule has 4 nitrogen and oxygen atoms in total. The quantitative estimate of drug-likeness (QED) is 0.464. The zero-order chi connectivity index (χ0) is 16.6. The van der Waals surface area contributed by atoms with Crippen LogP contribution < -0.4 is 5.32 Å². The predicted octanol–water partition coefficient (Wildman–Crippen LogP) is 3.81. The number of nitrogens with one attached hydrogen (secondary N) is 1. The van der Waals surface area contributed by atoms with Crippen molar-refractivity contribution in [3.05, 3.63) is 74.7 Å². The molecule has 1 aliphatic heterocycles. The Hall–Kier alpha value is -2.11. The number of rotatable bonds is 2. The summed E-state index contributed by atoms with van der Waals surface area (Å²) in [5, 5.41) is 13.5. The Labute approximate surface area is 145 Å². The number of halogens is 2. The maximum atomic E-state index is 12.2. The first-order chi connectivity index (χ1) is 11.0. The van der Waals surface area contributed by atoms with E-state index in [1.807, 2.05) is 0 Å². The smallest absolute Gasteiger partial charge is 0.293 e. The minimum absolute atomic E-state index is 0.00502. The van der Waals surface area contributed by atoms with E-state index < -0.39 is 17.7 Å². The number of hydrogen-bond acceptors (Lipinski definition) is 3. The third kappa shape index (κ3) is 2.90. The van der Waals surface area contributed by atoms with Gasteiger partial charge in [0.1, 0.15) is 5.76 Å². The Balaban J connectivity index is 2.15. The summed E-state index contributed by atoms with van der Waals surface area (Å²) in [6.45, 7) is 0. The van der Waals surface area contributed by atoms with Gasteiger partial charge in [-0.2, -0.15) is 0 Å². The van der Waals surface area contributed by atoms with E-state index in [4.69, 9.17) is 11.6 Å². The van der Waals surface area contributed by atoms with E-state index in [-0.39, 0.29) is 11.3 Å². The zero-order valence-corrected chi connectivity index (χ0v) is 14.1. The summed E-state index contributed by atoms with van der Waals surface area (Å²) in [6.07, 6.45) is 0. The molecule has 1 heterocycles. The normalized spacial score (nSPS) is 19.7. The first-order valence-electron chi connectivity index (χ1n) is 6.77. The molecule has 23 heavy (non-hydrogen) atoms. The molecule has 2 N–H and O–H groups in total. The van der Waals surface area contributed by atoms with Gasteiger partial charge in [-0.15, -0.1) is 0 Å². The Bertz CT molecular complexity index is 830. The van der Waals surface area contributed by atoms with E-state index in [0.717, 1.165) is 4.47 Å². The van der Waals surface area contributed by atoms with E-state index in [1.165, 1.54) is 0 Å². The largest absolute Gasteiger partial charge is 0.507 e. The van der Waals surface area contributed by atoms with Gasteiger partial charge in [-0.25, -0.2) is 0 Å². The van der Waals surface area contributed by atoms with Gasteiger partial charge in [0, 0.05) is 15.1 Å². The van der Waals surface area contributed by atoms with Crippen LogP contribution in [-0.4, -0.2) is 16.8 Å². The van der Waals surface area contributed by atoms with Crippen LogP contribution in [0.3, 0.4) is 0 Å². The van der Waals surface area contributed by atoms with Crippen molar-refractivity contribution in [1.29, 1.82) is 0 Å². The highest BCUT2D eigenvalue weighted by atomic mass is 79.9. The van der Waals surface area contributed by atoms with Gasteiger partial charge >= 0.3 is 0 Å². The first kappa shape index (κ1) is 15.8. The van der Waals surface area contributed by atoms with Gasteiger partial charge < -0.3 is 10.4 Å². The standard InChI is InChI=1S/C17H11BrClNO3/c18-10-7-5-9(6-8-10)15(21)13-14(20-17(23)16(13)22)11-3-1-2-4-12(11)19/h1-8,14,21H,(H,20,23)/t14-/m1/s1. The fraction of sp³-hybridized carbons (Fsp3) is 0.0588. The van der Waals surface area contributed by atoms with Crippen LogP contribution in [0.5, 0.6) is 0 Å². The molecule has 1 fully saturated rings. The second-order valence-corrected chi connectivity index (χ2v) is 6.35. The number of amides is 1. The second kappa shape index (κ2) is 6.18. The highest BCUT2D eigenvalue weighted by Crippen LogP contribution is 2.35. The van der Waals surface area contributed by atoms with E-state index >= 15 is 0 Å². The number of benzene rings is 2. The number of carbonyl (C=O) groups excluding carboxylic acids is 2. The molecule has 2 aromatic rings. The van der Waals surface area contributed by atoms with Crippen LogP contribution >= 0.6 is 27.5 Å². The first-order valence-corrected chi connectivity index (χ1v) is 7.95. The van der Waals surface area contributed by atoms with Crippen LogP contribution in [-0.2, 0) is 9.59 Å². The molecular weight excluding hydrogens is 382 g/mol. The van der Waals surface area contributed by atoms with Crippen molar-refractivity contribution in [1.82, 2.24) is 5.32 Å². The van der Waals surface area contributed by atoms with Gasteiger partial charge in [-0.3, -0.25) is 9.59 Å². The minimum Gasteiger partial charge on any atom is -0.507 e. The van der Waals surface area contributed by atoms with Gasteiger partial charge in [0.15, 0.2) is 0 Å². The van der Waals surface area contributed by atoms with Crippen LogP contribution in [0.25, 0.3) is 5.76 Å². The van der Waals surface area contributed by atoms with E-state index in [2.05, 4.69) is 21.2 Å². The van der Waals surface area contributed by atoms with Crippen molar-refractivity contribution < 1.29 is 14.7 Å². The molecule has 2 aromatic carbocycles. The number of aliphatic hydroxyl groups excluding tert-OH is 1. The molecule has 0 aromatic heterocycles. The third-order valence-corrected chi connectivity index (χ3v) is 4.48. The van der Waals surface area contributed by atoms with Crippen molar-refractivity contribution in [2.24, 2.45) is 0 Å². The van der Waals surface area contributed by atoms with Gasteiger partial charge in [-0.05, 0) is 23.8 Å². The Morgan fingerprint density at radius 2 is 1.74 bits per heavy atom. The number of ketones is 1. The third-order valence-electron chi connectivity index (χ3n) is 3.60. The van der Waals surface area contributed by atoms with Gasteiger partial charge in [0.25, 0.3) is 11.7 Å². The molecule has 0 unspecified atom stereocenters.